The zero-order valence-electron chi connectivity index (χ0n) is 10.1. The van der Waals surface area contributed by atoms with Crippen molar-refractivity contribution in [1.29, 1.82) is 0 Å². The van der Waals surface area contributed by atoms with Crippen LogP contribution in [0.3, 0.4) is 0 Å². The van der Waals surface area contributed by atoms with E-state index in [2.05, 4.69) is 15.3 Å². The lowest BCUT2D eigenvalue weighted by atomic mass is 10.2. The lowest BCUT2D eigenvalue weighted by molar-refractivity contribution is -0.144. The van der Waals surface area contributed by atoms with Crippen LogP contribution in [0.2, 0.25) is 0 Å². The van der Waals surface area contributed by atoms with Gasteiger partial charge < -0.3 is 5.32 Å². The molecule has 0 aliphatic rings. The van der Waals surface area contributed by atoms with Crippen LogP contribution in [0, 0.1) is 11.6 Å². The number of carbonyl (C=O) groups excluding carboxylic acids is 1. The first kappa shape index (κ1) is 14.8. The standard InChI is InChI=1S/C12H6F5N3O/c13-8-2-1-6(3-9(8)14)10(21)20-7-4-18-11(19-5-7)12(15,16)17/h1-5H,(H,20,21). The zero-order chi connectivity index (χ0) is 15.6. The molecule has 0 unspecified atom stereocenters. The summed E-state index contributed by atoms with van der Waals surface area (Å²) >= 11 is 0. The number of nitrogens with one attached hydrogen (secondary N) is 1. The number of hydrogen-bond donors (Lipinski definition) is 1. The summed E-state index contributed by atoms with van der Waals surface area (Å²) in [5.74, 6) is -4.53. The Morgan fingerprint density at radius 1 is 1.05 bits per heavy atom. The molecule has 1 heterocycles. The molecule has 0 saturated carbocycles. The maximum absolute atomic E-state index is 13.0. The van der Waals surface area contributed by atoms with Crippen LogP contribution in [0.1, 0.15) is 16.2 Å². The van der Waals surface area contributed by atoms with E-state index in [1.165, 1.54) is 0 Å². The van der Waals surface area contributed by atoms with Gasteiger partial charge in [0.05, 0.1) is 18.1 Å². The number of anilines is 1. The smallest absolute Gasteiger partial charge is 0.319 e. The highest BCUT2D eigenvalue weighted by Crippen LogP contribution is 2.25. The summed E-state index contributed by atoms with van der Waals surface area (Å²) in [7, 11) is 0. The van der Waals surface area contributed by atoms with Crippen LogP contribution in [0.15, 0.2) is 30.6 Å². The van der Waals surface area contributed by atoms with Crippen LogP contribution in [0.4, 0.5) is 27.6 Å². The fraction of sp³-hybridized carbons (Fsp3) is 0.0833. The Hall–Kier alpha value is -2.58. The second-order valence-electron chi connectivity index (χ2n) is 3.88. The molecule has 1 N–H and O–H groups in total. The normalized spacial score (nSPS) is 11.3. The quantitative estimate of drug-likeness (QED) is 0.868. The van der Waals surface area contributed by atoms with Gasteiger partial charge in [-0.05, 0) is 18.2 Å². The molecule has 110 valence electrons. The van der Waals surface area contributed by atoms with Gasteiger partial charge in [-0.1, -0.05) is 0 Å². The molecule has 0 saturated heterocycles. The highest BCUT2D eigenvalue weighted by Gasteiger charge is 2.34. The first-order valence-electron chi connectivity index (χ1n) is 5.43. The lowest BCUT2D eigenvalue weighted by Crippen LogP contribution is -2.15. The van der Waals surface area contributed by atoms with Crippen LogP contribution in [-0.4, -0.2) is 15.9 Å². The molecule has 0 radical (unpaired) electrons. The van der Waals surface area contributed by atoms with Crippen molar-refractivity contribution in [2.75, 3.05) is 5.32 Å². The molecule has 0 aliphatic carbocycles. The summed E-state index contributed by atoms with van der Waals surface area (Å²) in [6.45, 7) is 0. The molecular weight excluding hydrogens is 297 g/mol. The highest BCUT2D eigenvalue weighted by atomic mass is 19.4. The van der Waals surface area contributed by atoms with E-state index in [9.17, 15) is 26.7 Å². The largest absolute Gasteiger partial charge is 0.451 e. The van der Waals surface area contributed by atoms with Gasteiger partial charge in [-0.25, -0.2) is 18.7 Å². The van der Waals surface area contributed by atoms with Crippen LogP contribution < -0.4 is 5.32 Å². The van der Waals surface area contributed by atoms with Crippen molar-refractivity contribution >= 4 is 11.6 Å². The number of nitrogens with zero attached hydrogens (tertiary/aromatic N) is 2. The van der Waals surface area contributed by atoms with Gasteiger partial charge in [-0.15, -0.1) is 0 Å². The van der Waals surface area contributed by atoms with Gasteiger partial charge in [0.25, 0.3) is 5.91 Å². The molecule has 0 bridgehead atoms. The van der Waals surface area contributed by atoms with Crippen molar-refractivity contribution < 1.29 is 26.7 Å². The number of hydrogen-bond acceptors (Lipinski definition) is 3. The average Bonchev–Trinajstić information content (AvgIpc) is 2.41. The monoisotopic (exact) mass is 303 g/mol. The Bertz CT molecular complexity index is 670. The van der Waals surface area contributed by atoms with Gasteiger partial charge in [0.1, 0.15) is 0 Å². The molecule has 4 nitrogen and oxygen atoms in total. The van der Waals surface area contributed by atoms with E-state index in [1.807, 2.05) is 0 Å². The molecule has 1 amide bonds. The molecular formula is C12H6F5N3O. The van der Waals surface area contributed by atoms with E-state index in [0.717, 1.165) is 24.5 Å². The number of aromatic nitrogens is 2. The second-order valence-corrected chi connectivity index (χ2v) is 3.88. The van der Waals surface area contributed by atoms with Gasteiger partial charge in [0, 0.05) is 5.56 Å². The van der Waals surface area contributed by atoms with Crippen molar-refractivity contribution in [2.45, 2.75) is 6.18 Å². The van der Waals surface area contributed by atoms with Crippen LogP contribution in [-0.2, 0) is 6.18 Å². The van der Waals surface area contributed by atoms with Crippen LogP contribution >= 0.6 is 0 Å². The first-order valence-corrected chi connectivity index (χ1v) is 5.43. The third-order valence-corrected chi connectivity index (χ3v) is 2.35. The second kappa shape index (κ2) is 5.43. The molecule has 0 aliphatic heterocycles. The van der Waals surface area contributed by atoms with E-state index in [0.29, 0.717) is 6.07 Å². The summed E-state index contributed by atoms with van der Waals surface area (Å²) < 4.78 is 62.4. The van der Waals surface area contributed by atoms with Crippen molar-refractivity contribution in [3.8, 4) is 0 Å². The molecule has 1 aromatic carbocycles. The molecule has 2 rings (SSSR count). The third kappa shape index (κ3) is 3.50. The van der Waals surface area contributed by atoms with E-state index >= 15 is 0 Å². The third-order valence-electron chi connectivity index (χ3n) is 2.35. The lowest BCUT2D eigenvalue weighted by Gasteiger charge is -2.07. The van der Waals surface area contributed by atoms with E-state index in [1.54, 1.807) is 0 Å². The summed E-state index contributed by atoms with van der Waals surface area (Å²) in [5, 5.41) is 2.16. The molecule has 9 heteroatoms. The van der Waals surface area contributed by atoms with Crippen LogP contribution in [0.5, 0.6) is 0 Å². The summed E-state index contributed by atoms with van der Waals surface area (Å²) in [5.41, 5.74) is -0.313. The van der Waals surface area contributed by atoms with Crippen molar-refractivity contribution in [3.63, 3.8) is 0 Å². The molecule has 0 spiro atoms. The number of amides is 1. The Balaban J connectivity index is 2.14. The van der Waals surface area contributed by atoms with Crippen molar-refractivity contribution in [3.05, 3.63) is 53.6 Å². The number of rotatable bonds is 2. The maximum atomic E-state index is 13.0. The predicted molar refractivity (Wildman–Crippen MR) is 61.3 cm³/mol. The summed E-state index contributed by atoms with van der Waals surface area (Å²) in [6.07, 6.45) is -3.18. The fourth-order valence-electron chi connectivity index (χ4n) is 1.38. The molecule has 21 heavy (non-hydrogen) atoms. The molecule has 1 aromatic heterocycles. The molecule has 0 fully saturated rings. The van der Waals surface area contributed by atoms with Gasteiger partial charge >= 0.3 is 6.18 Å². The molecule has 0 atom stereocenters. The summed E-state index contributed by atoms with van der Waals surface area (Å²) in [4.78, 5) is 17.8. The maximum Gasteiger partial charge on any atom is 0.451 e. The Morgan fingerprint density at radius 2 is 1.67 bits per heavy atom. The minimum atomic E-state index is -4.69. The minimum Gasteiger partial charge on any atom is -0.319 e. The number of alkyl halides is 3. The van der Waals surface area contributed by atoms with Crippen LogP contribution in [0.25, 0.3) is 0 Å². The Kier molecular flexibility index (Phi) is 3.83. The van der Waals surface area contributed by atoms with Gasteiger partial charge in [-0.2, -0.15) is 13.2 Å². The number of carbonyl (C=O) groups is 1. The average molecular weight is 303 g/mol. The minimum absolute atomic E-state index is 0.113. The van der Waals surface area contributed by atoms with Gasteiger partial charge in [-0.3, -0.25) is 4.79 Å². The van der Waals surface area contributed by atoms with E-state index in [-0.39, 0.29) is 11.3 Å². The fourth-order valence-corrected chi connectivity index (χ4v) is 1.38. The van der Waals surface area contributed by atoms with Gasteiger partial charge in [0.15, 0.2) is 11.6 Å². The molecule has 2 aromatic rings. The number of halogens is 5. The SMILES string of the molecule is O=C(Nc1cnc(C(F)(F)F)nc1)c1ccc(F)c(F)c1. The summed E-state index contributed by atoms with van der Waals surface area (Å²) in [6, 6.07) is 2.45. The van der Waals surface area contributed by atoms with Gasteiger partial charge in [0.2, 0.25) is 5.82 Å². The highest BCUT2D eigenvalue weighted by molar-refractivity contribution is 6.04. The zero-order valence-corrected chi connectivity index (χ0v) is 10.1. The van der Waals surface area contributed by atoms with Crippen molar-refractivity contribution in [1.82, 2.24) is 9.97 Å². The predicted octanol–water partition coefficient (Wildman–Crippen LogP) is 3.03. The van der Waals surface area contributed by atoms with E-state index in [4.69, 9.17) is 0 Å². The Morgan fingerprint density at radius 3 is 2.19 bits per heavy atom. The number of benzene rings is 1. The topological polar surface area (TPSA) is 54.9 Å². The van der Waals surface area contributed by atoms with Crippen molar-refractivity contribution in [2.24, 2.45) is 0 Å². The van der Waals surface area contributed by atoms with E-state index < -0.39 is 29.5 Å². The first-order chi connectivity index (χ1) is 9.77. The Labute approximate surface area is 114 Å².